The van der Waals surface area contributed by atoms with E-state index in [2.05, 4.69) is 59.5 Å². The summed E-state index contributed by atoms with van der Waals surface area (Å²) in [5.74, 6) is 6.23. The summed E-state index contributed by atoms with van der Waals surface area (Å²) in [5.41, 5.74) is 4.27. The van der Waals surface area contributed by atoms with Gasteiger partial charge in [-0.05, 0) is 36.5 Å². The maximum Gasteiger partial charge on any atom is 0.0276 e. The van der Waals surface area contributed by atoms with Crippen molar-refractivity contribution in [2.45, 2.75) is 39.2 Å². The van der Waals surface area contributed by atoms with Crippen LogP contribution in [-0.2, 0) is 6.42 Å². The van der Waals surface area contributed by atoms with E-state index in [1.54, 1.807) is 0 Å². The molecule has 3 N–H and O–H groups in total. The third-order valence-corrected chi connectivity index (χ3v) is 3.54. The fourth-order valence-electron chi connectivity index (χ4n) is 1.96. The van der Waals surface area contributed by atoms with Crippen LogP contribution >= 0.6 is 15.9 Å². The highest BCUT2D eigenvalue weighted by molar-refractivity contribution is 9.10. The Labute approximate surface area is 107 Å². The van der Waals surface area contributed by atoms with Gasteiger partial charge in [0.05, 0.1) is 0 Å². The summed E-state index contributed by atoms with van der Waals surface area (Å²) in [7, 11) is 0. The first-order chi connectivity index (χ1) is 7.67. The summed E-state index contributed by atoms with van der Waals surface area (Å²) >= 11 is 3.44. The molecule has 0 heterocycles. The number of halogens is 1. The Balaban J connectivity index is 2.59. The Morgan fingerprint density at radius 3 is 2.44 bits per heavy atom. The van der Waals surface area contributed by atoms with E-state index in [0.717, 1.165) is 10.9 Å². The lowest BCUT2D eigenvalue weighted by molar-refractivity contribution is 0.357. The minimum Gasteiger partial charge on any atom is -0.271 e. The standard InChI is InChI=1S/C13H21BrN2/c1-3-4-10(2)13(16-15)9-11-5-7-12(14)8-6-11/h5-8,10,13,16H,3-4,9,15H2,1-2H3. The number of nitrogens with one attached hydrogen (secondary N) is 1. The number of hydrogen-bond acceptors (Lipinski definition) is 2. The van der Waals surface area contributed by atoms with E-state index < -0.39 is 0 Å². The van der Waals surface area contributed by atoms with Crippen LogP contribution in [0, 0.1) is 5.92 Å². The lowest BCUT2D eigenvalue weighted by atomic mass is 9.92. The predicted octanol–water partition coefficient (Wildman–Crippen LogP) is 3.26. The van der Waals surface area contributed by atoms with Crippen molar-refractivity contribution in [1.29, 1.82) is 0 Å². The van der Waals surface area contributed by atoms with E-state index in [9.17, 15) is 0 Å². The van der Waals surface area contributed by atoms with Crippen molar-refractivity contribution in [3.8, 4) is 0 Å². The lowest BCUT2D eigenvalue weighted by Crippen LogP contribution is -2.41. The van der Waals surface area contributed by atoms with Gasteiger partial charge in [0.1, 0.15) is 0 Å². The van der Waals surface area contributed by atoms with Gasteiger partial charge in [0.15, 0.2) is 0 Å². The average molecular weight is 285 g/mol. The molecule has 0 aliphatic rings. The van der Waals surface area contributed by atoms with Crippen LogP contribution in [0.15, 0.2) is 28.7 Å². The third kappa shape index (κ3) is 4.24. The van der Waals surface area contributed by atoms with Crippen LogP contribution in [-0.4, -0.2) is 6.04 Å². The molecule has 0 saturated heterocycles. The van der Waals surface area contributed by atoms with Gasteiger partial charge < -0.3 is 0 Å². The first-order valence-electron chi connectivity index (χ1n) is 5.88. The number of nitrogens with two attached hydrogens (primary N) is 1. The van der Waals surface area contributed by atoms with Gasteiger partial charge in [-0.15, -0.1) is 0 Å². The Morgan fingerprint density at radius 1 is 1.31 bits per heavy atom. The molecule has 90 valence electrons. The monoisotopic (exact) mass is 284 g/mol. The van der Waals surface area contributed by atoms with E-state index in [1.807, 2.05) is 0 Å². The molecule has 0 radical (unpaired) electrons. The second-order valence-electron chi connectivity index (χ2n) is 4.37. The highest BCUT2D eigenvalue weighted by Crippen LogP contribution is 2.17. The summed E-state index contributed by atoms with van der Waals surface area (Å²) in [5, 5.41) is 0. The van der Waals surface area contributed by atoms with Crippen LogP contribution in [0.25, 0.3) is 0 Å². The molecule has 1 aromatic rings. The summed E-state index contributed by atoms with van der Waals surface area (Å²) in [6, 6.07) is 8.81. The maximum atomic E-state index is 5.62. The van der Waals surface area contributed by atoms with E-state index in [0.29, 0.717) is 12.0 Å². The summed E-state index contributed by atoms with van der Waals surface area (Å²) in [6.45, 7) is 4.47. The molecule has 1 aromatic carbocycles. The molecule has 0 aliphatic heterocycles. The highest BCUT2D eigenvalue weighted by Gasteiger charge is 2.15. The van der Waals surface area contributed by atoms with Crippen LogP contribution in [0.1, 0.15) is 32.3 Å². The predicted molar refractivity (Wildman–Crippen MR) is 73.0 cm³/mol. The largest absolute Gasteiger partial charge is 0.271 e. The molecule has 16 heavy (non-hydrogen) atoms. The first-order valence-corrected chi connectivity index (χ1v) is 6.67. The second-order valence-corrected chi connectivity index (χ2v) is 5.29. The summed E-state index contributed by atoms with van der Waals surface area (Å²) < 4.78 is 1.12. The topological polar surface area (TPSA) is 38.0 Å². The molecule has 0 spiro atoms. The molecule has 1 rings (SSSR count). The van der Waals surface area contributed by atoms with Gasteiger partial charge in [0.25, 0.3) is 0 Å². The number of hydrogen-bond donors (Lipinski definition) is 2. The average Bonchev–Trinajstić information content (AvgIpc) is 2.28. The van der Waals surface area contributed by atoms with E-state index >= 15 is 0 Å². The van der Waals surface area contributed by atoms with Crippen LogP contribution in [0.3, 0.4) is 0 Å². The smallest absolute Gasteiger partial charge is 0.0276 e. The van der Waals surface area contributed by atoms with Gasteiger partial charge in [0.2, 0.25) is 0 Å². The van der Waals surface area contributed by atoms with Crippen molar-refractivity contribution in [3.63, 3.8) is 0 Å². The zero-order valence-corrected chi connectivity index (χ0v) is 11.6. The fourth-order valence-corrected chi connectivity index (χ4v) is 2.22. The van der Waals surface area contributed by atoms with Gasteiger partial charge in [-0.25, -0.2) is 0 Å². The zero-order chi connectivity index (χ0) is 12.0. The number of hydrazine groups is 1. The SMILES string of the molecule is CCCC(C)C(Cc1ccc(Br)cc1)NN. The van der Waals surface area contributed by atoms with Crippen molar-refractivity contribution in [1.82, 2.24) is 5.43 Å². The third-order valence-electron chi connectivity index (χ3n) is 3.01. The van der Waals surface area contributed by atoms with Gasteiger partial charge in [0, 0.05) is 10.5 Å². The molecule has 3 heteroatoms. The minimum atomic E-state index is 0.362. The van der Waals surface area contributed by atoms with Crippen LogP contribution in [0.5, 0.6) is 0 Å². The quantitative estimate of drug-likeness (QED) is 0.622. The lowest BCUT2D eigenvalue weighted by Gasteiger charge is -2.23. The normalized spacial score (nSPS) is 14.8. The minimum absolute atomic E-state index is 0.362. The van der Waals surface area contributed by atoms with Crippen molar-refractivity contribution in [2.75, 3.05) is 0 Å². The molecule has 0 aliphatic carbocycles. The number of rotatable bonds is 6. The van der Waals surface area contributed by atoms with Gasteiger partial charge in [-0.1, -0.05) is 48.3 Å². The van der Waals surface area contributed by atoms with E-state index in [-0.39, 0.29) is 0 Å². The molecule has 0 aromatic heterocycles. The fraction of sp³-hybridized carbons (Fsp3) is 0.538. The zero-order valence-electron chi connectivity index (χ0n) is 10.0. The summed E-state index contributed by atoms with van der Waals surface area (Å²) in [6.07, 6.45) is 3.41. The Hall–Kier alpha value is -0.380. The first kappa shape index (κ1) is 13.7. The Morgan fingerprint density at radius 2 is 1.94 bits per heavy atom. The van der Waals surface area contributed by atoms with Crippen LogP contribution < -0.4 is 11.3 Å². The molecular formula is C13H21BrN2. The van der Waals surface area contributed by atoms with Gasteiger partial charge >= 0.3 is 0 Å². The molecule has 0 fully saturated rings. The van der Waals surface area contributed by atoms with Gasteiger partial charge in [-0.3, -0.25) is 11.3 Å². The van der Waals surface area contributed by atoms with Crippen LogP contribution in [0.2, 0.25) is 0 Å². The molecule has 0 amide bonds. The number of benzene rings is 1. The highest BCUT2D eigenvalue weighted by atomic mass is 79.9. The van der Waals surface area contributed by atoms with Crippen molar-refractivity contribution in [3.05, 3.63) is 34.3 Å². The van der Waals surface area contributed by atoms with Crippen molar-refractivity contribution < 1.29 is 0 Å². The Kier molecular flexibility index (Phi) is 6.03. The van der Waals surface area contributed by atoms with E-state index in [1.165, 1.54) is 18.4 Å². The second kappa shape index (κ2) is 7.05. The van der Waals surface area contributed by atoms with E-state index in [4.69, 9.17) is 5.84 Å². The molecular weight excluding hydrogens is 264 g/mol. The Bertz CT molecular complexity index is 297. The summed E-state index contributed by atoms with van der Waals surface area (Å²) in [4.78, 5) is 0. The van der Waals surface area contributed by atoms with Crippen molar-refractivity contribution >= 4 is 15.9 Å². The molecule has 0 bridgehead atoms. The maximum absolute atomic E-state index is 5.62. The molecule has 2 nitrogen and oxygen atoms in total. The van der Waals surface area contributed by atoms with Gasteiger partial charge in [-0.2, -0.15) is 0 Å². The molecule has 0 saturated carbocycles. The molecule has 2 unspecified atom stereocenters. The van der Waals surface area contributed by atoms with Crippen molar-refractivity contribution in [2.24, 2.45) is 11.8 Å². The van der Waals surface area contributed by atoms with Crippen LogP contribution in [0.4, 0.5) is 0 Å². The molecule has 2 atom stereocenters.